The van der Waals surface area contributed by atoms with Gasteiger partial charge in [0.1, 0.15) is 23.0 Å². The van der Waals surface area contributed by atoms with Crippen LogP contribution in [0.5, 0.6) is 23.0 Å². The van der Waals surface area contributed by atoms with Gasteiger partial charge < -0.3 is 25.0 Å². The number of ether oxygens (including phenoxy) is 2. The Balaban J connectivity index is 1.89. The summed E-state index contributed by atoms with van der Waals surface area (Å²) in [6.45, 7) is 0. The van der Waals surface area contributed by atoms with Crippen LogP contribution in [0, 0.1) is 0 Å². The number of nitrogens with one attached hydrogen (secondary N) is 1. The summed E-state index contributed by atoms with van der Waals surface area (Å²) < 4.78 is 12.2. The molecule has 1 spiro atoms. The summed E-state index contributed by atoms with van der Waals surface area (Å²) in [6.07, 6.45) is 0. The number of alkyl halides is 1. The number of rotatable bonds is 2. The number of aromatic hydroxyl groups is 2. The summed E-state index contributed by atoms with van der Waals surface area (Å²) in [4.78, 5) is 25.0. The van der Waals surface area contributed by atoms with Crippen molar-refractivity contribution in [3.8, 4) is 23.0 Å². The number of esters is 1. The van der Waals surface area contributed by atoms with Crippen molar-refractivity contribution in [3.05, 3.63) is 76.9 Å². The van der Waals surface area contributed by atoms with Crippen LogP contribution >= 0.6 is 22.6 Å². The van der Waals surface area contributed by atoms with Crippen molar-refractivity contribution in [1.82, 2.24) is 0 Å². The average Bonchev–Trinajstić information content (AvgIpc) is 3.00. The highest BCUT2D eigenvalue weighted by Crippen LogP contribution is 2.59. The highest BCUT2D eigenvalue weighted by atomic mass is 127. The highest BCUT2D eigenvalue weighted by Gasteiger charge is 2.55. The monoisotopic (exact) mass is 515 g/mol. The predicted octanol–water partition coefficient (Wildman–Crippen LogP) is 4.04. The van der Waals surface area contributed by atoms with E-state index in [-0.39, 0.29) is 39.0 Å². The molecule has 2 heterocycles. The predicted molar refractivity (Wildman–Crippen MR) is 116 cm³/mol. The first-order valence-electron chi connectivity index (χ1n) is 9.01. The second-order valence-corrected chi connectivity index (χ2v) is 7.71. The molecular formula is C22H14INO6. The van der Waals surface area contributed by atoms with Crippen molar-refractivity contribution in [2.24, 2.45) is 0 Å². The van der Waals surface area contributed by atoms with Crippen LogP contribution in [0.25, 0.3) is 0 Å². The Morgan fingerprint density at radius 2 is 1.77 bits per heavy atom. The number of fused-ring (bicyclic) bond motifs is 6. The Morgan fingerprint density at radius 3 is 2.57 bits per heavy atom. The molecule has 2 aliphatic heterocycles. The van der Waals surface area contributed by atoms with Crippen molar-refractivity contribution >= 4 is 40.2 Å². The van der Waals surface area contributed by atoms with Crippen LogP contribution in [0.3, 0.4) is 0 Å². The molecule has 1 amide bonds. The van der Waals surface area contributed by atoms with Crippen LogP contribution in [0.1, 0.15) is 27.0 Å². The SMILES string of the molecule is O=C(CI)Nc1cc(O)cc2c1C1(OC(=O)c3ccccc31)c1ccc(O)cc1O2. The fourth-order valence-electron chi connectivity index (χ4n) is 4.07. The van der Waals surface area contributed by atoms with Gasteiger partial charge in [-0.25, -0.2) is 4.79 Å². The lowest BCUT2D eigenvalue weighted by molar-refractivity contribution is -0.113. The highest BCUT2D eigenvalue weighted by molar-refractivity contribution is 14.1. The van der Waals surface area contributed by atoms with E-state index in [4.69, 9.17) is 9.47 Å². The third-order valence-electron chi connectivity index (χ3n) is 5.17. The van der Waals surface area contributed by atoms with E-state index in [9.17, 15) is 19.8 Å². The summed E-state index contributed by atoms with van der Waals surface area (Å²) in [7, 11) is 0. The molecular weight excluding hydrogens is 501 g/mol. The average molecular weight is 515 g/mol. The number of hydrogen-bond donors (Lipinski definition) is 3. The Morgan fingerprint density at radius 1 is 1.00 bits per heavy atom. The summed E-state index contributed by atoms with van der Waals surface area (Å²) in [5.41, 5.74) is 0.740. The molecule has 0 bridgehead atoms. The maximum absolute atomic E-state index is 12.8. The van der Waals surface area contributed by atoms with Gasteiger partial charge in [0.25, 0.3) is 0 Å². The Hall–Kier alpha value is -3.27. The van der Waals surface area contributed by atoms with Crippen LogP contribution in [-0.4, -0.2) is 26.5 Å². The zero-order valence-corrected chi connectivity index (χ0v) is 17.5. The number of carbonyl (C=O) groups is 2. The van der Waals surface area contributed by atoms with E-state index in [0.29, 0.717) is 22.3 Å². The van der Waals surface area contributed by atoms with E-state index >= 15 is 0 Å². The second kappa shape index (κ2) is 6.63. The third kappa shape index (κ3) is 2.56. The minimum atomic E-state index is -1.41. The lowest BCUT2D eigenvalue weighted by Gasteiger charge is -2.37. The lowest BCUT2D eigenvalue weighted by Crippen LogP contribution is -2.34. The van der Waals surface area contributed by atoms with Crippen molar-refractivity contribution in [2.45, 2.75) is 5.60 Å². The first kappa shape index (κ1) is 18.7. The first-order valence-corrected chi connectivity index (χ1v) is 10.5. The minimum absolute atomic E-state index is 0.0245. The normalized spacial score (nSPS) is 18.1. The van der Waals surface area contributed by atoms with Gasteiger partial charge in [0.2, 0.25) is 5.91 Å². The molecule has 3 aromatic carbocycles. The van der Waals surface area contributed by atoms with Crippen LogP contribution in [0.4, 0.5) is 5.69 Å². The molecule has 0 saturated carbocycles. The maximum atomic E-state index is 12.8. The number of hydrogen-bond acceptors (Lipinski definition) is 6. The van der Waals surface area contributed by atoms with Crippen molar-refractivity contribution in [1.29, 1.82) is 0 Å². The van der Waals surface area contributed by atoms with Crippen molar-refractivity contribution < 1.29 is 29.3 Å². The Labute approximate surface area is 184 Å². The van der Waals surface area contributed by atoms with E-state index in [1.807, 2.05) is 22.6 Å². The number of carbonyl (C=O) groups excluding carboxylic acids is 2. The number of phenolic OH excluding ortho intramolecular Hbond substituents is 2. The topological polar surface area (TPSA) is 105 Å². The molecule has 0 aliphatic carbocycles. The summed E-state index contributed by atoms with van der Waals surface area (Å²) in [5.74, 6) is -0.466. The number of amides is 1. The van der Waals surface area contributed by atoms with Gasteiger partial charge in [-0.3, -0.25) is 4.79 Å². The first-order chi connectivity index (χ1) is 14.4. The van der Waals surface area contributed by atoms with E-state index in [0.717, 1.165) is 0 Å². The maximum Gasteiger partial charge on any atom is 0.340 e. The molecule has 7 nitrogen and oxygen atoms in total. The molecule has 5 rings (SSSR count). The molecule has 8 heteroatoms. The molecule has 0 radical (unpaired) electrons. The fraction of sp³-hybridized carbons (Fsp3) is 0.0909. The molecule has 30 heavy (non-hydrogen) atoms. The molecule has 0 aromatic heterocycles. The fourth-order valence-corrected chi connectivity index (χ4v) is 4.26. The van der Waals surface area contributed by atoms with Gasteiger partial charge in [0.05, 0.1) is 21.2 Å². The zero-order chi connectivity index (χ0) is 21.0. The molecule has 1 atom stereocenters. The van der Waals surface area contributed by atoms with Crippen LogP contribution in [0.15, 0.2) is 54.6 Å². The molecule has 3 N–H and O–H groups in total. The lowest BCUT2D eigenvalue weighted by atomic mass is 9.77. The van der Waals surface area contributed by atoms with E-state index in [1.54, 1.807) is 30.3 Å². The van der Waals surface area contributed by atoms with Gasteiger partial charge in [-0.15, -0.1) is 0 Å². The van der Waals surface area contributed by atoms with E-state index < -0.39 is 11.6 Å². The largest absolute Gasteiger partial charge is 0.508 e. The Kier molecular flexibility index (Phi) is 4.14. The number of halogens is 1. The summed E-state index contributed by atoms with van der Waals surface area (Å²) in [5, 5.41) is 23.0. The second-order valence-electron chi connectivity index (χ2n) is 6.95. The Bertz CT molecular complexity index is 1240. The summed E-state index contributed by atoms with van der Waals surface area (Å²) in [6, 6.07) is 14.3. The van der Waals surface area contributed by atoms with Gasteiger partial charge in [-0.05, 0) is 18.2 Å². The van der Waals surface area contributed by atoms with E-state index in [2.05, 4.69) is 5.32 Å². The summed E-state index contributed by atoms with van der Waals surface area (Å²) >= 11 is 1.93. The minimum Gasteiger partial charge on any atom is -0.508 e. The number of phenols is 2. The standard InChI is InChI=1S/C22H14INO6/c23-10-19(27)24-16-7-12(26)9-18-20(16)22(15-6-5-11(25)8-17(15)29-18)14-4-2-1-3-13(14)21(28)30-22/h1-9,25-26H,10H2,(H,24,27). The van der Waals surface area contributed by atoms with Crippen molar-refractivity contribution in [2.75, 3.05) is 9.74 Å². The number of benzene rings is 3. The van der Waals surface area contributed by atoms with Gasteiger partial charge in [-0.1, -0.05) is 40.8 Å². The van der Waals surface area contributed by atoms with Gasteiger partial charge in [0, 0.05) is 29.3 Å². The molecule has 0 fully saturated rings. The zero-order valence-electron chi connectivity index (χ0n) is 15.3. The quantitative estimate of drug-likeness (QED) is 0.271. The van der Waals surface area contributed by atoms with E-state index in [1.165, 1.54) is 24.3 Å². The smallest absolute Gasteiger partial charge is 0.340 e. The molecule has 0 saturated heterocycles. The molecule has 150 valence electrons. The van der Waals surface area contributed by atoms with Gasteiger partial charge >= 0.3 is 5.97 Å². The van der Waals surface area contributed by atoms with Crippen molar-refractivity contribution in [3.63, 3.8) is 0 Å². The number of anilines is 1. The van der Waals surface area contributed by atoms with Crippen LogP contribution < -0.4 is 10.1 Å². The third-order valence-corrected chi connectivity index (χ3v) is 5.86. The molecule has 2 aliphatic rings. The molecule has 3 aromatic rings. The molecule has 1 unspecified atom stereocenters. The van der Waals surface area contributed by atoms with Gasteiger partial charge in [-0.2, -0.15) is 0 Å². The van der Waals surface area contributed by atoms with Gasteiger partial charge in [0.15, 0.2) is 5.60 Å². The van der Waals surface area contributed by atoms with Crippen LogP contribution in [-0.2, 0) is 15.1 Å². The van der Waals surface area contributed by atoms with Crippen LogP contribution in [0.2, 0.25) is 0 Å².